The van der Waals surface area contributed by atoms with Crippen molar-refractivity contribution in [2.75, 3.05) is 19.4 Å². The van der Waals surface area contributed by atoms with E-state index < -0.39 is 33.0 Å². The van der Waals surface area contributed by atoms with Gasteiger partial charge in [0.2, 0.25) is 5.91 Å². The molecule has 0 aromatic carbocycles. The highest BCUT2D eigenvalue weighted by atomic mass is 32.2. The summed E-state index contributed by atoms with van der Waals surface area (Å²) in [7, 11) is -2.01. The lowest BCUT2D eigenvalue weighted by atomic mass is 10.1. The number of nitrogens with zero attached hydrogens (tertiary/aromatic N) is 1. The fraction of sp³-hybridized carbons (Fsp3) is 0.833. The highest BCUT2D eigenvalue weighted by Crippen LogP contribution is 2.27. The minimum atomic E-state index is -3.46. The standard InChI is InChI=1S/C12H19NO6S/c1-19-8-6-9(12(15)16)13(7-8)11(14)10-4-2-3-5-20(10,17)18/h8-10H,2-7H2,1H3,(H,15,16). The second kappa shape index (κ2) is 5.69. The largest absolute Gasteiger partial charge is 0.480 e. The van der Waals surface area contributed by atoms with Crippen molar-refractivity contribution >= 4 is 21.7 Å². The van der Waals surface area contributed by atoms with Crippen LogP contribution in [0, 0.1) is 0 Å². The molecule has 0 radical (unpaired) electrons. The molecule has 20 heavy (non-hydrogen) atoms. The Morgan fingerprint density at radius 1 is 1.30 bits per heavy atom. The Hall–Kier alpha value is -1.15. The van der Waals surface area contributed by atoms with Gasteiger partial charge in [-0.25, -0.2) is 13.2 Å². The molecule has 3 unspecified atom stereocenters. The third-order valence-electron chi connectivity index (χ3n) is 4.02. The molecule has 2 saturated heterocycles. The topological polar surface area (TPSA) is 101 Å². The molecule has 2 aliphatic heterocycles. The molecule has 0 aliphatic carbocycles. The van der Waals surface area contributed by atoms with Crippen molar-refractivity contribution in [3.05, 3.63) is 0 Å². The van der Waals surface area contributed by atoms with Gasteiger partial charge >= 0.3 is 5.97 Å². The van der Waals surface area contributed by atoms with E-state index in [0.29, 0.717) is 12.8 Å². The number of hydrogen-bond donors (Lipinski definition) is 1. The van der Waals surface area contributed by atoms with Gasteiger partial charge in [0.15, 0.2) is 9.84 Å². The summed E-state index contributed by atoms with van der Waals surface area (Å²) in [5, 5.41) is 8.09. The monoisotopic (exact) mass is 305 g/mol. The van der Waals surface area contributed by atoms with Gasteiger partial charge in [-0.15, -0.1) is 0 Å². The summed E-state index contributed by atoms with van der Waals surface area (Å²) in [4.78, 5) is 24.8. The number of carboxylic acids is 1. The molecule has 2 heterocycles. The van der Waals surface area contributed by atoms with Gasteiger partial charge in [0.1, 0.15) is 11.3 Å². The number of methoxy groups -OCH3 is 1. The van der Waals surface area contributed by atoms with Crippen LogP contribution in [-0.4, -0.2) is 67.1 Å². The van der Waals surface area contributed by atoms with Crippen LogP contribution >= 0.6 is 0 Å². The Balaban J connectivity index is 2.20. The van der Waals surface area contributed by atoms with Crippen molar-refractivity contribution in [1.82, 2.24) is 4.90 Å². The Labute approximate surface area is 117 Å². The number of aliphatic carboxylic acids is 1. The molecule has 2 aliphatic rings. The molecule has 1 N–H and O–H groups in total. The lowest BCUT2D eigenvalue weighted by molar-refractivity contribution is -0.148. The maximum atomic E-state index is 12.4. The Morgan fingerprint density at radius 2 is 2.00 bits per heavy atom. The number of hydrogen-bond acceptors (Lipinski definition) is 5. The first kappa shape index (κ1) is 15.2. The number of sulfone groups is 1. The number of likely N-dealkylation sites (tertiary alicyclic amines) is 1. The van der Waals surface area contributed by atoms with E-state index in [-0.39, 0.29) is 31.2 Å². The number of carbonyl (C=O) groups is 2. The van der Waals surface area contributed by atoms with Crippen molar-refractivity contribution in [2.45, 2.75) is 43.1 Å². The molecule has 1 amide bonds. The summed E-state index contributed by atoms with van der Waals surface area (Å²) in [5.41, 5.74) is 0. The molecular weight excluding hydrogens is 286 g/mol. The number of amides is 1. The zero-order valence-corrected chi connectivity index (χ0v) is 12.1. The molecule has 8 heteroatoms. The molecule has 0 bridgehead atoms. The molecule has 7 nitrogen and oxygen atoms in total. The van der Waals surface area contributed by atoms with Crippen LogP contribution in [0.3, 0.4) is 0 Å². The van der Waals surface area contributed by atoms with Gasteiger partial charge in [0.25, 0.3) is 0 Å². The first-order chi connectivity index (χ1) is 9.36. The van der Waals surface area contributed by atoms with Gasteiger partial charge in [0.05, 0.1) is 11.9 Å². The number of rotatable bonds is 3. The third kappa shape index (κ3) is 2.80. The molecule has 2 fully saturated rings. The molecular formula is C12H19NO6S. The summed E-state index contributed by atoms with van der Waals surface area (Å²) >= 11 is 0. The van der Waals surface area contributed by atoms with Gasteiger partial charge in [0, 0.05) is 20.1 Å². The average molecular weight is 305 g/mol. The summed E-state index contributed by atoms with van der Waals surface area (Å²) in [6.45, 7) is 0.137. The molecule has 0 aromatic rings. The Morgan fingerprint density at radius 3 is 2.55 bits per heavy atom. The molecule has 0 saturated carbocycles. The van der Waals surface area contributed by atoms with Crippen LogP contribution in [0.1, 0.15) is 25.7 Å². The minimum Gasteiger partial charge on any atom is -0.480 e. The van der Waals surface area contributed by atoms with E-state index in [1.807, 2.05) is 0 Å². The van der Waals surface area contributed by atoms with Crippen LogP contribution < -0.4 is 0 Å². The van der Waals surface area contributed by atoms with E-state index in [0.717, 1.165) is 4.90 Å². The molecule has 0 spiro atoms. The van der Waals surface area contributed by atoms with Gasteiger partial charge in [-0.1, -0.05) is 6.42 Å². The second-order valence-corrected chi connectivity index (χ2v) is 7.59. The molecule has 3 atom stereocenters. The van der Waals surface area contributed by atoms with Crippen LogP contribution in [-0.2, 0) is 24.2 Å². The normalized spacial score (nSPS) is 33.0. The van der Waals surface area contributed by atoms with E-state index in [4.69, 9.17) is 4.74 Å². The number of carbonyl (C=O) groups excluding carboxylic acids is 1. The zero-order valence-electron chi connectivity index (χ0n) is 11.3. The smallest absolute Gasteiger partial charge is 0.326 e. The van der Waals surface area contributed by atoms with Crippen molar-refractivity contribution < 1.29 is 27.9 Å². The van der Waals surface area contributed by atoms with Crippen LogP contribution in [0.4, 0.5) is 0 Å². The Bertz CT molecular complexity index is 502. The van der Waals surface area contributed by atoms with Crippen LogP contribution in [0.2, 0.25) is 0 Å². The summed E-state index contributed by atoms with van der Waals surface area (Å²) in [6, 6.07) is -0.996. The SMILES string of the molecule is COC1CC(C(=O)O)N(C(=O)C2CCCCS2(=O)=O)C1. The van der Waals surface area contributed by atoms with Crippen molar-refractivity contribution in [1.29, 1.82) is 0 Å². The van der Waals surface area contributed by atoms with Gasteiger partial charge in [-0.3, -0.25) is 4.79 Å². The van der Waals surface area contributed by atoms with Crippen LogP contribution in [0.25, 0.3) is 0 Å². The van der Waals surface area contributed by atoms with Crippen molar-refractivity contribution in [3.8, 4) is 0 Å². The summed E-state index contributed by atoms with van der Waals surface area (Å²) in [5.74, 6) is -1.70. The highest BCUT2D eigenvalue weighted by Gasteiger charge is 2.45. The number of carboxylic acid groups (broad SMARTS) is 1. The fourth-order valence-electron chi connectivity index (χ4n) is 2.86. The highest BCUT2D eigenvalue weighted by molar-refractivity contribution is 7.92. The maximum Gasteiger partial charge on any atom is 0.326 e. The van der Waals surface area contributed by atoms with Gasteiger partial charge in [-0.05, 0) is 12.8 Å². The van der Waals surface area contributed by atoms with E-state index in [9.17, 15) is 23.1 Å². The third-order valence-corrected chi connectivity index (χ3v) is 6.18. The van der Waals surface area contributed by atoms with Crippen LogP contribution in [0.15, 0.2) is 0 Å². The van der Waals surface area contributed by atoms with Crippen molar-refractivity contribution in [2.24, 2.45) is 0 Å². The van der Waals surface area contributed by atoms with E-state index in [1.165, 1.54) is 7.11 Å². The molecule has 2 rings (SSSR count). The molecule has 114 valence electrons. The fourth-order valence-corrected chi connectivity index (χ4v) is 4.72. The second-order valence-electron chi connectivity index (χ2n) is 5.29. The Kier molecular flexibility index (Phi) is 4.33. The minimum absolute atomic E-state index is 0.00267. The van der Waals surface area contributed by atoms with Crippen molar-refractivity contribution in [3.63, 3.8) is 0 Å². The molecule has 0 aromatic heterocycles. The lowest BCUT2D eigenvalue weighted by Gasteiger charge is -2.28. The quantitative estimate of drug-likeness (QED) is 0.765. The van der Waals surface area contributed by atoms with Crippen LogP contribution in [0.5, 0.6) is 0 Å². The van der Waals surface area contributed by atoms with Gasteiger partial charge in [-0.2, -0.15) is 0 Å². The van der Waals surface area contributed by atoms with E-state index >= 15 is 0 Å². The maximum absolute atomic E-state index is 12.4. The van der Waals surface area contributed by atoms with E-state index in [1.54, 1.807) is 0 Å². The summed E-state index contributed by atoms with van der Waals surface area (Å²) in [6.07, 6.45) is 1.36. The predicted molar refractivity (Wildman–Crippen MR) is 70.0 cm³/mol. The first-order valence-electron chi connectivity index (χ1n) is 6.64. The zero-order chi connectivity index (χ0) is 14.9. The predicted octanol–water partition coefficient (Wildman–Crippen LogP) is -0.346. The average Bonchev–Trinajstić information content (AvgIpc) is 2.82. The lowest BCUT2D eigenvalue weighted by Crippen LogP contribution is -2.49. The summed E-state index contributed by atoms with van der Waals surface area (Å²) < 4.78 is 29.1. The number of ether oxygens (including phenoxy) is 1. The first-order valence-corrected chi connectivity index (χ1v) is 8.36. The van der Waals surface area contributed by atoms with E-state index in [2.05, 4.69) is 0 Å². The van der Waals surface area contributed by atoms with Gasteiger partial charge < -0.3 is 14.7 Å².